The maximum absolute atomic E-state index is 9.08. The van der Waals surface area contributed by atoms with Crippen LogP contribution < -0.4 is 0 Å². The van der Waals surface area contributed by atoms with Crippen molar-refractivity contribution in [3.05, 3.63) is 22.7 Å². The Morgan fingerprint density at radius 2 is 2.40 bits per heavy atom. The second kappa shape index (κ2) is 3.07. The molecule has 0 saturated carbocycles. The molecule has 0 amide bonds. The second-order valence-electron chi connectivity index (χ2n) is 1.93. The number of hydrogen-bond donors (Lipinski definition) is 1. The lowest BCUT2D eigenvalue weighted by Gasteiger charge is -2.03. The number of hydrogen-bond acceptors (Lipinski definition) is 3. The van der Waals surface area contributed by atoms with E-state index in [1.807, 2.05) is 0 Å². The molecule has 1 heterocycles. The average molecular weight is 203 g/mol. The highest BCUT2D eigenvalue weighted by molar-refractivity contribution is 9.10. The van der Waals surface area contributed by atoms with Crippen molar-refractivity contribution in [3.63, 3.8) is 0 Å². The van der Waals surface area contributed by atoms with E-state index >= 15 is 0 Å². The van der Waals surface area contributed by atoms with Gasteiger partial charge in [-0.1, -0.05) is 0 Å². The third kappa shape index (κ3) is 1.52. The Morgan fingerprint density at radius 1 is 1.70 bits per heavy atom. The molecule has 0 aromatic carbocycles. The van der Waals surface area contributed by atoms with Crippen LogP contribution in [0.3, 0.4) is 0 Å². The van der Waals surface area contributed by atoms with Crippen LogP contribution in [0.15, 0.2) is 17.0 Å². The van der Waals surface area contributed by atoms with Gasteiger partial charge >= 0.3 is 0 Å². The third-order valence-corrected chi connectivity index (χ3v) is 1.70. The van der Waals surface area contributed by atoms with Crippen molar-refractivity contribution in [3.8, 4) is 0 Å². The normalized spacial score (nSPS) is 13.1. The van der Waals surface area contributed by atoms with Gasteiger partial charge in [-0.15, -0.1) is 0 Å². The fraction of sp³-hybridized carbons (Fsp3) is 0.333. The van der Waals surface area contributed by atoms with Crippen LogP contribution >= 0.6 is 15.9 Å². The number of halogens is 1. The van der Waals surface area contributed by atoms with E-state index in [0.717, 1.165) is 4.47 Å². The molecule has 54 valence electrons. The number of aliphatic hydroxyl groups is 1. The van der Waals surface area contributed by atoms with Crippen LogP contribution in [0.2, 0.25) is 0 Å². The van der Waals surface area contributed by atoms with Crippen LogP contribution in [0, 0.1) is 0 Å². The molecule has 1 N–H and O–H groups in total. The van der Waals surface area contributed by atoms with Crippen molar-refractivity contribution in [2.75, 3.05) is 0 Å². The maximum atomic E-state index is 9.08. The van der Waals surface area contributed by atoms with Gasteiger partial charge in [0.25, 0.3) is 0 Å². The van der Waals surface area contributed by atoms with Gasteiger partial charge in [0.2, 0.25) is 0 Å². The van der Waals surface area contributed by atoms with Gasteiger partial charge in [-0.25, -0.2) is 9.97 Å². The fourth-order valence-corrected chi connectivity index (χ4v) is 1.18. The highest BCUT2D eigenvalue weighted by atomic mass is 79.9. The summed E-state index contributed by atoms with van der Waals surface area (Å²) in [5.41, 5.74) is 0.620. The zero-order valence-electron chi connectivity index (χ0n) is 5.45. The molecule has 1 aromatic rings. The van der Waals surface area contributed by atoms with Gasteiger partial charge in [0.1, 0.15) is 6.33 Å². The van der Waals surface area contributed by atoms with Crippen molar-refractivity contribution in [2.24, 2.45) is 0 Å². The average Bonchev–Trinajstić information content (AvgIpc) is 1.88. The monoisotopic (exact) mass is 202 g/mol. The van der Waals surface area contributed by atoms with Gasteiger partial charge in [0.15, 0.2) is 0 Å². The van der Waals surface area contributed by atoms with E-state index in [0.29, 0.717) is 5.69 Å². The van der Waals surface area contributed by atoms with Crippen molar-refractivity contribution in [2.45, 2.75) is 13.0 Å². The van der Waals surface area contributed by atoms with Crippen LogP contribution in [-0.4, -0.2) is 15.1 Å². The molecule has 0 bridgehead atoms. The first-order chi connectivity index (χ1) is 4.72. The molecule has 3 nitrogen and oxygen atoms in total. The zero-order valence-corrected chi connectivity index (χ0v) is 7.04. The van der Waals surface area contributed by atoms with Crippen molar-refractivity contribution in [1.82, 2.24) is 9.97 Å². The summed E-state index contributed by atoms with van der Waals surface area (Å²) in [6.07, 6.45) is 2.47. The van der Waals surface area contributed by atoms with Crippen LogP contribution in [0.4, 0.5) is 0 Å². The number of aromatic nitrogens is 2. The van der Waals surface area contributed by atoms with Crippen LogP contribution in [0.5, 0.6) is 0 Å². The molecule has 0 aliphatic carbocycles. The molecule has 0 aliphatic rings. The number of rotatable bonds is 1. The van der Waals surface area contributed by atoms with Gasteiger partial charge in [-0.05, 0) is 22.9 Å². The minimum atomic E-state index is -0.544. The minimum Gasteiger partial charge on any atom is -0.387 e. The molecule has 1 rings (SSSR count). The number of nitrogens with zero attached hydrogens (tertiary/aromatic N) is 2. The molecule has 1 aromatic heterocycles. The first-order valence-electron chi connectivity index (χ1n) is 2.85. The van der Waals surface area contributed by atoms with Crippen LogP contribution in [-0.2, 0) is 0 Å². The Morgan fingerprint density at radius 3 is 2.80 bits per heavy atom. The smallest absolute Gasteiger partial charge is 0.115 e. The molecule has 0 spiro atoms. The van der Waals surface area contributed by atoms with Crippen molar-refractivity contribution < 1.29 is 5.11 Å². The van der Waals surface area contributed by atoms with E-state index in [4.69, 9.17) is 5.11 Å². The zero-order chi connectivity index (χ0) is 7.56. The summed E-state index contributed by atoms with van der Waals surface area (Å²) in [6.45, 7) is 1.66. The van der Waals surface area contributed by atoms with E-state index in [1.165, 1.54) is 6.33 Å². The van der Waals surface area contributed by atoms with E-state index in [2.05, 4.69) is 25.9 Å². The first kappa shape index (κ1) is 7.63. The van der Waals surface area contributed by atoms with Gasteiger partial charge in [-0.3, -0.25) is 0 Å². The Kier molecular flexibility index (Phi) is 2.34. The largest absolute Gasteiger partial charge is 0.387 e. The SMILES string of the molecule is C[C@H](O)c1ncncc1Br. The molecule has 0 radical (unpaired) electrons. The van der Waals surface area contributed by atoms with E-state index in [9.17, 15) is 0 Å². The standard InChI is InChI=1S/C6H7BrN2O/c1-4(10)6-5(7)2-8-3-9-6/h2-4,10H,1H3/t4-/m0/s1. The Labute approximate surface area is 67.3 Å². The third-order valence-electron chi connectivity index (χ3n) is 1.09. The predicted molar refractivity (Wildman–Crippen MR) is 40.4 cm³/mol. The van der Waals surface area contributed by atoms with E-state index < -0.39 is 6.10 Å². The van der Waals surface area contributed by atoms with E-state index in [-0.39, 0.29) is 0 Å². The quantitative estimate of drug-likeness (QED) is 0.747. The lowest BCUT2D eigenvalue weighted by atomic mass is 10.3. The first-order valence-corrected chi connectivity index (χ1v) is 3.64. The summed E-state index contributed by atoms with van der Waals surface area (Å²) >= 11 is 3.21. The molecule has 0 saturated heterocycles. The summed E-state index contributed by atoms with van der Waals surface area (Å²) in [5.74, 6) is 0. The lowest BCUT2D eigenvalue weighted by molar-refractivity contribution is 0.193. The summed E-state index contributed by atoms with van der Waals surface area (Å²) in [4.78, 5) is 7.63. The Balaban J connectivity index is 3.03. The minimum absolute atomic E-state index is 0.544. The summed E-state index contributed by atoms with van der Waals surface area (Å²) in [6, 6.07) is 0. The van der Waals surface area contributed by atoms with Crippen LogP contribution in [0.25, 0.3) is 0 Å². The van der Waals surface area contributed by atoms with Crippen LogP contribution in [0.1, 0.15) is 18.7 Å². The van der Waals surface area contributed by atoms with Crippen molar-refractivity contribution >= 4 is 15.9 Å². The maximum Gasteiger partial charge on any atom is 0.115 e. The highest BCUT2D eigenvalue weighted by Gasteiger charge is 2.05. The van der Waals surface area contributed by atoms with E-state index in [1.54, 1.807) is 13.1 Å². The summed E-state index contributed by atoms with van der Waals surface area (Å²) < 4.78 is 0.741. The van der Waals surface area contributed by atoms with Gasteiger partial charge < -0.3 is 5.11 Å². The van der Waals surface area contributed by atoms with Gasteiger partial charge in [0.05, 0.1) is 16.3 Å². The summed E-state index contributed by atoms with van der Waals surface area (Å²) in [7, 11) is 0. The molecule has 4 heteroatoms. The fourth-order valence-electron chi connectivity index (χ4n) is 0.630. The van der Waals surface area contributed by atoms with Gasteiger partial charge in [0, 0.05) is 6.20 Å². The number of aliphatic hydroxyl groups excluding tert-OH is 1. The molecular formula is C6H7BrN2O. The Bertz CT molecular complexity index is 227. The highest BCUT2D eigenvalue weighted by Crippen LogP contribution is 2.18. The molecular weight excluding hydrogens is 196 g/mol. The van der Waals surface area contributed by atoms with Crippen molar-refractivity contribution in [1.29, 1.82) is 0 Å². The summed E-state index contributed by atoms with van der Waals surface area (Å²) in [5, 5.41) is 9.08. The molecule has 0 aliphatic heterocycles. The molecule has 0 fully saturated rings. The molecule has 10 heavy (non-hydrogen) atoms. The predicted octanol–water partition coefficient (Wildman–Crippen LogP) is 1.29. The molecule has 0 unspecified atom stereocenters. The lowest BCUT2D eigenvalue weighted by Crippen LogP contribution is -1.96. The Hall–Kier alpha value is -0.480. The topological polar surface area (TPSA) is 46.0 Å². The molecule has 1 atom stereocenters. The van der Waals surface area contributed by atoms with Gasteiger partial charge in [-0.2, -0.15) is 0 Å². The second-order valence-corrected chi connectivity index (χ2v) is 2.79.